The molecule has 0 saturated carbocycles. The molecule has 3 rings (SSSR count). The highest BCUT2D eigenvalue weighted by atomic mass is 32.1. The highest BCUT2D eigenvalue weighted by Gasteiger charge is 2.23. The summed E-state index contributed by atoms with van der Waals surface area (Å²) in [5, 5.41) is 9.78. The number of carboxylic acid groups (broad SMARTS) is 1. The SMILES string of the molecule is COc1cc2sc(C(=O)O)cc2c2c1OCCO2. The van der Waals surface area contributed by atoms with E-state index in [2.05, 4.69) is 0 Å². The molecule has 0 spiro atoms. The molecule has 18 heavy (non-hydrogen) atoms. The van der Waals surface area contributed by atoms with Crippen molar-refractivity contribution in [1.29, 1.82) is 0 Å². The molecule has 0 fully saturated rings. The smallest absolute Gasteiger partial charge is 0.345 e. The molecule has 1 N–H and O–H groups in total. The summed E-state index contributed by atoms with van der Waals surface area (Å²) in [7, 11) is 1.55. The van der Waals surface area contributed by atoms with Crippen LogP contribution in [0.2, 0.25) is 0 Å². The molecule has 0 aliphatic carbocycles. The van der Waals surface area contributed by atoms with Crippen molar-refractivity contribution in [3.05, 3.63) is 17.0 Å². The summed E-state index contributed by atoms with van der Waals surface area (Å²) < 4.78 is 17.2. The molecule has 0 unspecified atom stereocenters. The van der Waals surface area contributed by atoms with Gasteiger partial charge >= 0.3 is 5.97 Å². The van der Waals surface area contributed by atoms with Crippen LogP contribution in [0.15, 0.2) is 12.1 Å². The first-order chi connectivity index (χ1) is 8.70. The summed E-state index contributed by atoms with van der Waals surface area (Å²) in [5.41, 5.74) is 0. The first-order valence-corrected chi connectivity index (χ1v) is 6.16. The Hall–Kier alpha value is -1.95. The van der Waals surface area contributed by atoms with Gasteiger partial charge in [0.1, 0.15) is 18.1 Å². The molecule has 0 bridgehead atoms. The first kappa shape index (κ1) is 11.2. The molecule has 94 valence electrons. The quantitative estimate of drug-likeness (QED) is 0.904. The maximum atomic E-state index is 11.0. The van der Waals surface area contributed by atoms with Gasteiger partial charge in [0.15, 0.2) is 11.5 Å². The van der Waals surface area contributed by atoms with E-state index in [0.29, 0.717) is 30.5 Å². The monoisotopic (exact) mass is 266 g/mol. The van der Waals surface area contributed by atoms with E-state index in [-0.39, 0.29) is 4.88 Å². The fourth-order valence-electron chi connectivity index (χ4n) is 1.93. The van der Waals surface area contributed by atoms with Gasteiger partial charge in [0.05, 0.1) is 7.11 Å². The zero-order valence-corrected chi connectivity index (χ0v) is 10.4. The van der Waals surface area contributed by atoms with E-state index in [1.165, 1.54) is 11.3 Å². The van der Waals surface area contributed by atoms with Crippen LogP contribution in [0, 0.1) is 0 Å². The van der Waals surface area contributed by atoms with Crippen LogP contribution in [-0.2, 0) is 0 Å². The highest BCUT2D eigenvalue weighted by Crippen LogP contribution is 2.47. The topological polar surface area (TPSA) is 65.0 Å². The van der Waals surface area contributed by atoms with Crippen molar-refractivity contribution in [3.8, 4) is 17.2 Å². The molecule has 0 amide bonds. The standard InChI is InChI=1S/C12H10O5S/c1-15-7-5-8-6(4-9(18-8)12(13)14)10-11(7)17-3-2-16-10/h4-5H,2-3H2,1H3,(H,13,14). The summed E-state index contributed by atoms with van der Waals surface area (Å²) in [5.74, 6) is 0.738. The zero-order chi connectivity index (χ0) is 12.7. The zero-order valence-electron chi connectivity index (χ0n) is 9.56. The van der Waals surface area contributed by atoms with Crippen molar-refractivity contribution in [2.45, 2.75) is 0 Å². The molecule has 2 aromatic rings. The molecule has 5 nitrogen and oxygen atoms in total. The predicted molar refractivity (Wildman–Crippen MR) is 66.3 cm³/mol. The third kappa shape index (κ3) is 1.57. The normalized spacial score (nSPS) is 13.6. The average Bonchev–Trinajstić information content (AvgIpc) is 2.82. The number of methoxy groups -OCH3 is 1. The molecule has 1 aromatic heterocycles. The Morgan fingerprint density at radius 1 is 1.33 bits per heavy atom. The van der Waals surface area contributed by atoms with E-state index in [0.717, 1.165) is 10.1 Å². The Balaban J connectivity index is 2.30. The summed E-state index contributed by atoms with van der Waals surface area (Å²) in [6.45, 7) is 0.915. The summed E-state index contributed by atoms with van der Waals surface area (Å²) in [6.07, 6.45) is 0. The summed E-state index contributed by atoms with van der Waals surface area (Å²) in [4.78, 5) is 11.3. The minimum atomic E-state index is -0.944. The Bertz CT molecular complexity index is 631. The van der Waals surface area contributed by atoms with Gasteiger partial charge in [0, 0.05) is 16.2 Å². The lowest BCUT2D eigenvalue weighted by Crippen LogP contribution is -2.16. The second-order valence-electron chi connectivity index (χ2n) is 3.76. The van der Waals surface area contributed by atoms with Crippen molar-refractivity contribution in [3.63, 3.8) is 0 Å². The molecule has 2 heterocycles. The number of rotatable bonds is 2. The number of hydrogen-bond acceptors (Lipinski definition) is 5. The molecule has 0 radical (unpaired) electrons. The van der Waals surface area contributed by atoms with Gasteiger partial charge in [-0.15, -0.1) is 11.3 Å². The van der Waals surface area contributed by atoms with Crippen LogP contribution < -0.4 is 14.2 Å². The van der Waals surface area contributed by atoms with Gasteiger partial charge in [0.25, 0.3) is 0 Å². The van der Waals surface area contributed by atoms with Gasteiger partial charge in [-0.1, -0.05) is 0 Å². The molecular weight excluding hydrogens is 256 g/mol. The minimum Gasteiger partial charge on any atom is -0.493 e. The van der Waals surface area contributed by atoms with Gasteiger partial charge in [-0.25, -0.2) is 4.79 Å². The van der Waals surface area contributed by atoms with Gasteiger partial charge < -0.3 is 19.3 Å². The molecule has 0 saturated heterocycles. The molecule has 1 aromatic carbocycles. The number of thiophene rings is 1. The average molecular weight is 266 g/mol. The van der Waals surface area contributed by atoms with Gasteiger partial charge in [-0.2, -0.15) is 0 Å². The Morgan fingerprint density at radius 3 is 2.72 bits per heavy atom. The first-order valence-electron chi connectivity index (χ1n) is 5.34. The fourth-order valence-corrected chi connectivity index (χ4v) is 2.86. The van der Waals surface area contributed by atoms with E-state index in [1.54, 1.807) is 19.2 Å². The Morgan fingerprint density at radius 2 is 2.06 bits per heavy atom. The van der Waals surface area contributed by atoms with Crippen LogP contribution in [0.25, 0.3) is 10.1 Å². The van der Waals surface area contributed by atoms with Crippen LogP contribution in [0.1, 0.15) is 9.67 Å². The second-order valence-corrected chi connectivity index (χ2v) is 4.85. The number of fused-ring (bicyclic) bond motifs is 3. The number of aromatic carboxylic acids is 1. The molecule has 0 atom stereocenters. The summed E-state index contributed by atoms with van der Waals surface area (Å²) >= 11 is 1.19. The van der Waals surface area contributed by atoms with Crippen molar-refractivity contribution in [2.75, 3.05) is 20.3 Å². The maximum absolute atomic E-state index is 11.0. The van der Waals surface area contributed by atoms with Crippen LogP contribution >= 0.6 is 11.3 Å². The Labute approximate surface area is 107 Å². The lowest BCUT2D eigenvalue weighted by Gasteiger charge is -2.21. The second kappa shape index (κ2) is 4.06. The van der Waals surface area contributed by atoms with E-state index in [9.17, 15) is 4.79 Å². The van der Waals surface area contributed by atoms with Crippen LogP contribution in [-0.4, -0.2) is 31.4 Å². The molecule has 6 heteroatoms. The summed E-state index contributed by atoms with van der Waals surface area (Å²) in [6, 6.07) is 3.38. The van der Waals surface area contributed by atoms with E-state index in [4.69, 9.17) is 19.3 Å². The van der Waals surface area contributed by atoms with Crippen LogP contribution in [0.4, 0.5) is 0 Å². The lowest BCUT2D eigenvalue weighted by molar-refractivity contribution is 0.0702. The van der Waals surface area contributed by atoms with Gasteiger partial charge in [-0.05, 0) is 6.07 Å². The van der Waals surface area contributed by atoms with Crippen LogP contribution in [0.5, 0.6) is 17.2 Å². The maximum Gasteiger partial charge on any atom is 0.345 e. The lowest BCUT2D eigenvalue weighted by atomic mass is 10.2. The molecular formula is C12H10O5S. The van der Waals surface area contributed by atoms with Gasteiger partial charge in [-0.3, -0.25) is 0 Å². The van der Waals surface area contributed by atoms with Gasteiger partial charge in [0.2, 0.25) is 5.75 Å². The van der Waals surface area contributed by atoms with E-state index in [1.807, 2.05) is 0 Å². The number of ether oxygens (including phenoxy) is 3. The molecule has 1 aliphatic heterocycles. The van der Waals surface area contributed by atoms with Crippen molar-refractivity contribution in [2.24, 2.45) is 0 Å². The van der Waals surface area contributed by atoms with Crippen molar-refractivity contribution < 1.29 is 24.1 Å². The predicted octanol–water partition coefficient (Wildman–Crippen LogP) is 2.38. The third-order valence-corrected chi connectivity index (χ3v) is 3.77. The number of benzene rings is 1. The van der Waals surface area contributed by atoms with Crippen LogP contribution in [0.3, 0.4) is 0 Å². The number of carboxylic acids is 1. The third-order valence-electron chi connectivity index (χ3n) is 2.70. The van der Waals surface area contributed by atoms with E-state index >= 15 is 0 Å². The van der Waals surface area contributed by atoms with E-state index < -0.39 is 5.97 Å². The number of carbonyl (C=O) groups is 1. The number of hydrogen-bond donors (Lipinski definition) is 1. The van der Waals surface area contributed by atoms with Crippen molar-refractivity contribution in [1.82, 2.24) is 0 Å². The fraction of sp³-hybridized carbons (Fsp3) is 0.250. The Kier molecular flexibility index (Phi) is 2.52. The van der Waals surface area contributed by atoms with Crippen molar-refractivity contribution >= 4 is 27.4 Å². The largest absolute Gasteiger partial charge is 0.493 e. The minimum absolute atomic E-state index is 0.273. The molecule has 1 aliphatic rings. The highest BCUT2D eigenvalue weighted by molar-refractivity contribution is 7.20.